The number of carboxylic acids is 1. The van der Waals surface area contributed by atoms with E-state index < -0.39 is 5.97 Å². The van der Waals surface area contributed by atoms with Gasteiger partial charge < -0.3 is 15.6 Å². The third-order valence-electron chi connectivity index (χ3n) is 4.04. The number of carbonyl (C=O) groups is 1. The first-order valence-corrected chi connectivity index (χ1v) is 8.27. The summed E-state index contributed by atoms with van der Waals surface area (Å²) < 4.78 is 0.236. The molecule has 124 valence electrons. The molecule has 0 bridgehead atoms. The molecule has 1 rings (SSSR count). The number of allylic oxidation sites excluding steroid dienone is 2. The topological polar surface area (TPSA) is 78.5 Å². The number of nitrogens with two attached hydrogens (primary N) is 1. The molecule has 22 heavy (non-hydrogen) atoms. The van der Waals surface area contributed by atoms with Crippen LogP contribution in [0.15, 0.2) is 29.5 Å². The zero-order valence-electron chi connectivity index (χ0n) is 13.7. The van der Waals surface area contributed by atoms with Crippen LogP contribution >= 0.6 is 0 Å². The summed E-state index contributed by atoms with van der Waals surface area (Å²) in [7, 11) is 0. The number of hydrogen-bond donors (Lipinski definition) is 1. The van der Waals surface area contributed by atoms with Crippen LogP contribution in [0.4, 0.5) is 0 Å². The zero-order chi connectivity index (χ0) is 16.3. The summed E-state index contributed by atoms with van der Waals surface area (Å²) in [4.78, 5) is 15.4. The van der Waals surface area contributed by atoms with Gasteiger partial charge in [-0.1, -0.05) is 31.4 Å². The summed E-state index contributed by atoms with van der Waals surface area (Å²) in [6.07, 6.45) is 15.7. The van der Waals surface area contributed by atoms with Crippen LogP contribution in [0.5, 0.6) is 0 Å². The number of quaternary nitrogens is 1. The second-order valence-electron chi connectivity index (χ2n) is 5.80. The van der Waals surface area contributed by atoms with Gasteiger partial charge in [0.15, 0.2) is 0 Å². The Balaban J connectivity index is 2.33. The van der Waals surface area contributed by atoms with Gasteiger partial charge in [-0.25, -0.2) is 9.48 Å². The molecule has 1 unspecified atom stereocenters. The van der Waals surface area contributed by atoms with E-state index in [1.165, 1.54) is 19.3 Å². The van der Waals surface area contributed by atoms with Crippen molar-refractivity contribution in [3.8, 4) is 0 Å². The normalized spacial score (nSPS) is 20.7. The maximum absolute atomic E-state index is 11.0. The minimum atomic E-state index is -1.06. The van der Waals surface area contributed by atoms with Crippen molar-refractivity contribution in [1.29, 1.82) is 0 Å². The van der Waals surface area contributed by atoms with E-state index in [9.17, 15) is 9.90 Å². The van der Waals surface area contributed by atoms with Gasteiger partial charge in [-0.2, -0.15) is 0 Å². The van der Waals surface area contributed by atoms with Gasteiger partial charge in [0.05, 0.1) is 12.2 Å². The van der Waals surface area contributed by atoms with Crippen LogP contribution in [0.2, 0.25) is 0 Å². The molecule has 1 heterocycles. The van der Waals surface area contributed by atoms with E-state index in [2.05, 4.69) is 24.1 Å². The fourth-order valence-corrected chi connectivity index (χ4v) is 2.86. The SMILES string of the molecule is C/C=C/CCCCCCCC1=NC=C[N+]1(CCN)CC(=O)[O-]. The fraction of sp³-hybridized carbons (Fsp3) is 0.647. The molecule has 0 radical (unpaired) electrons. The van der Waals surface area contributed by atoms with Gasteiger partial charge in [0.2, 0.25) is 5.84 Å². The number of aliphatic imine (C=N–C) groups is 1. The average Bonchev–Trinajstić information content (AvgIpc) is 2.84. The molecule has 0 fully saturated rings. The average molecular weight is 307 g/mol. The number of aliphatic carboxylic acids is 1. The molecule has 0 amide bonds. The van der Waals surface area contributed by atoms with Crippen molar-refractivity contribution in [3.05, 3.63) is 24.6 Å². The molecule has 1 atom stereocenters. The fourth-order valence-electron chi connectivity index (χ4n) is 2.86. The van der Waals surface area contributed by atoms with Crippen molar-refractivity contribution >= 4 is 11.8 Å². The minimum absolute atomic E-state index is 0.0735. The molecular formula is C17H29N3O2. The molecule has 5 nitrogen and oxygen atoms in total. The van der Waals surface area contributed by atoms with Crippen molar-refractivity contribution in [2.24, 2.45) is 10.7 Å². The van der Waals surface area contributed by atoms with Gasteiger partial charge in [0, 0.05) is 13.0 Å². The molecule has 2 N–H and O–H groups in total. The van der Waals surface area contributed by atoms with E-state index in [1.807, 2.05) is 6.20 Å². The van der Waals surface area contributed by atoms with Gasteiger partial charge in [-0.15, -0.1) is 0 Å². The lowest BCUT2D eigenvalue weighted by atomic mass is 10.1. The van der Waals surface area contributed by atoms with Crippen LogP contribution in [0.25, 0.3) is 0 Å². The van der Waals surface area contributed by atoms with Crippen LogP contribution < -0.4 is 10.8 Å². The largest absolute Gasteiger partial charge is 0.544 e. The van der Waals surface area contributed by atoms with Crippen molar-refractivity contribution in [1.82, 2.24) is 0 Å². The quantitative estimate of drug-likeness (QED) is 0.338. The Kier molecular flexibility index (Phi) is 8.70. The molecule has 5 heteroatoms. The Morgan fingerprint density at radius 2 is 2.05 bits per heavy atom. The van der Waals surface area contributed by atoms with Crippen LogP contribution in [0.1, 0.15) is 51.9 Å². The van der Waals surface area contributed by atoms with E-state index in [0.29, 0.717) is 13.1 Å². The summed E-state index contributed by atoms with van der Waals surface area (Å²) >= 11 is 0. The summed E-state index contributed by atoms with van der Waals surface area (Å²) in [6.45, 7) is 2.97. The van der Waals surface area contributed by atoms with Crippen LogP contribution in [0.3, 0.4) is 0 Å². The highest BCUT2D eigenvalue weighted by atomic mass is 16.4. The Morgan fingerprint density at radius 3 is 2.73 bits per heavy atom. The maximum atomic E-state index is 11.0. The van der Waals surface area contributed by atoms with Gasteiger partial charge in [-0.05, 0) is 26.2 Å². The number of rotatable bonds is 12. The number of carbonyl (C=O) groups excluding carboxylic acids is 1. The van der Waals surface area contributed by atoms with Crippen molar-refractivity contribution in [2.75, 3.05) is 19.6 Å². The Bertz CT molecular complexity index is 430. The minimum Gasteiger partial charge on any atom is -0.544 e. The second kappa shape index (κ2) is 10.3. The molecular weight excluding hydrogens is 278 g/mol. The molecule has 0 saturated heterocycles. The van der Waals surface area contributed by atoms with Gasteiger partial charge in [-0.3, -0.25) is 0 Å². The third kappa shape index (κ3) is 6.12. The lowest BCUT2D eigenvalue weighted by molar-refractivity contribution is -0.780. The maximum Gasteiger partial charge on any atom is 0.207 e. The smallest absolute Gasteiger partial charge is 0.207 e. The highest BCUT2D eigenvalue weighted by Crippen LogP contribution is 2.20. The van der Waals surface area contributed by atoms with Crippen LogP contribution in [0, 0.1) is 0 Å². The number of unbranched alkanes of at least 4 members (excludes halogenated alkanes) is 5. The van der Waals surface area contributed by atoms with Crippen LogP contribution in [-0.4, -0.2) is 35.9 Å². The third-order valence-corrected chi connectivity index (χ3v) is 4.04. The number of carboxylic acid groups (broad SMARTS) is 1. The predicted octanol–water partition coefficient (Wildman–Crippen LogP) is 1.70. The summed E-state index contributed by atoms with van der Waals surface area (Å²) in [5.41, 5.74) is 5.64. The highest BCUT2D eigenvalue weighted by molar-refractivity contribution is 5.80. The van der Waals surface area contributed by atoms with E-state index in [0.717, 1.165) is 31.5 Å². The second-order valence-corrected chi connectivity index (χ2v) is 5.80. The summed E-state index contributed by atoms with van der Waals surface area (Å²) in [5.74, 6) is -0.153. The standard InChI is InChI=1S/C17H29N3O2/c1-2-3-4-5-6-7-8-9-10-16-19-12-14-20(16,13-11-18)15-17(21)22/h2-3,12,14H,4-11,13,15,18H2,1H3/b3-2+. The molecule has 0 spiro atoms. The first-order valence-electron chi connectivity index (χ1n) is 8.27. The van der Waals surface area contributed by atoms with Crippen molar-refractivity contribution in [2.45, 2.75) is 51.9 Å². The molecule has 0 aromatic heterocycles. The molecule has 0 saturated carbocycles. The number of hydrogen-bond acceptors (Lipinski definition) is 4. The monoisotopic (exact) mass is 307 g/mol. The lowest BCUT2D eigenvalue weighted by Gasteiger charge is -2.32. The highest BCUT2D eigenvalue weighted by Gasteiger charge is 2.34. The van der Waals surface area contributed by atoms with E-state index in [4.69, 9.17) is 5.73 Å². The molecule has 0 aliphatic carbocycles. The molecule has 0 aromatic carbocycles. The lowest BCUT2D eigenvalue weighted by Crippen LogP contribution is -2.55. The van der Waals surface area contributed by atoms with Gasteiger partial charge >= 0.3 is 0 Å². The van der Waals surface area contributed by atoms with Crippen LogP contribution in [-0.2, 0) is 4.79 Å². The summed E-state index contributed by atoms with van der Waals surface area (Å²) in [5, 5.41) is 11.0. The predicted molar refractivity (Wildman–Crippen MR) is 87.8 cm³/mol. The first kappa shape index (κ1) is 18.6. The molecule has 1 aliphatic rings. The number of nitrogens with zero attached hydrogens (tertiary/aromatic N) is 2. The van der Waals surface area contributed by atoms with Crippen molar-refractivity contribution < 1.29 is 14.4 Å². The Hall–Kier alpha value is -1.46. The van der Waals surface area contributed by atoms with E-state index in [1.54, 1.807) is 6.20 Å². The van der Waals surface area contributed by atoms with Crippen molar-refractivity contribution in [3.63, 3.8) is 0 Å². The van der Waals surface area contributed by atoms with E-state index in [-0.39, 0.29) is 11.0 Å². The Labute approximate surface area is 133 Å². The Morgan fingerprint density at radius 1 is 1.32 bits per heavy atom. The van der Waals surface area contributed by atoms with E-state index >= 15 is 0 Å². The number of amidine groups is 1. The van der Waals surface area contributed by atoms with Gasteiger partial charge in [0.25, 0.3) is 0 Å². The first-order chi connectivity index (χ1) is 10.6. The molecule has 0 aromatic rings. The zero-order valence-corrected chi connectivity index (χ0v) is 13.7. The summed E-state index contributed by atoms with van der Waals surface area (Å²) in [6, 6.07) is 0. The van der Waals surface area contributed by atoms with Gasteiger partial charge in [0.1, 0.15) is 19.3 Å². The molecule has 1 aliphatic heterocycles.